The smallest absolute Gasteiger partial charge is 0.0615 e. The predicted molar refractivity (Wildman–Crippen MR) is 68.8 cm³/mol. The van der Waals surface area contributed by atoms with Crippen LogP contribution in [0.2, 0.25) is 0 Å². The van der Waals surface area contributed by atoms with E-state index in [1.807, 2.05) is 0 Å². The molecule has 0 bridgehead atoms. The first-order valence-corrected chi connectivity index (χ1v) is 6.63. The molecule has 0 radical (unpaired) electrons. The molecule has 16 heavy (non-hydrogen) atoms. The van der Waals surface area contributed by atoms with Crippen molar-refractivity contribution in [1.82, 2.24) is 10.2 Å². The predicted octanol–water partition coefficient (Wildman–Crippen LogP) is 1.87. The Kier molecular flexibility index (Phi) is 6.32. The van der Waals surface area contributed by atoms with Crippen LogP contribution in [0.25, 0.3) is 0 Å². The van der Waals surface area contributed by atoms with Crippen LogP contribution >= 0.6 is 0 Å². The highest BCUT2D eigenvalue weighted by atomic mass is 16.5. The zero-order chi connectivity index (χ0) is 12.0. The van der Waals surface area contributed by atoms with Crippen molar-refractivity contribution in [3.8, 4) is 0 Å². The first kappa shape index (κ1) is 13.9. The summed E-state index contributed by atoms with van der Waals surface area (Å²) < 4.78 is 5.23. The van der Waals surface area contributed by atoms with Gasteiger partial charge in [0.05, 0.1) is 6.61 Å². The molecule has 0 saturated heterocycles. The quantitative estimate of drug-likeness (QED) is 0.751. The van der Waals surface area contributed by atoms with E-state index in [1.165, 1.54) is 25.7 Å². The fourth-order valence-corrected chi connectivity index (χ4v) is 2.73. The summed E-state index contributed by atoms with van der Waals surface area (Å²) in [5, 5.41) is 3.58. The van der Waals surface area contributed by atoms with Gasteiger partial charge in [-0.25, -0.2) is 0 Å². The number of nitrogens with zero attached hydrogens (tertiary/aromatic N) is 1. The first-order chi connectivity index (χ1) is 7.69. The Bertz CT molecular complexity index is 181. The monoisotopic (exact) mass is 228 g/mol. The molecule has 1 rings (SSSR count). The minimum atomic E-state index is 0.523. The maximum Gasteiger partial charge on any atom is 0.0615 e. The second-order valence-corrected chi connectivity index (χ2v) is 5.04. The van der Waals surface area contributed by atoms with Crippen molar-refractivity contribution < 1.29 is 4.74 Å². The SMILES string of the molecule is CCNC1CCCC(N(C)C(C)COC)C1. The van der Waals surface area contributed by atoms with Crippen LogP contribution in [0.1, 0.15) is 39.5 Å². The van der Waals surface area contributed by atoms with Crippen LogP contribution in [0.15, 0.2) is 0 Å². The van der Waals surface area contributed by atoms with Gasteiger partial charge in [-0.15, -0.1) is 0 Å². The number of methoxy groups -OCH3 is 1. The lowest BCUT2D eigenvalue weighted by Gasteiger charge is -2.38. The summed E-state index contributed by atoms with van der Waals surface area (Å²) in [5.74, 6) is 0. The molecule has 3 nitrogen and oxygen atoms in total. The fraction of sp³-hybridized carbons (Fsp3) is 1.00. The lowest BCUT2D eigenvalue weighted by atomic mass is 9.89. The fourth-order valence-electron chi connectivity index (χ4n) is 2.73. The molecule has 0 aromatic rings. The molecule has 0 aromatic heterocycles. The number of nitrogens with one attached hydrogen (secondary N) is 1. The van der Waals surface area contributed by atoms with Gasteiger partial charge in [0.1, 0.15) is 0 Å². The Hall–Kier alpha value is -0.120. The van der Waals surface area contributed by atoms with E-state index >= 15 is 0 Å². The van der Waals surface area contributed by atoms with Crippen LogP contribution in [0.4, 0.5) is 0 Å². The summed E-state index contributed by atoms with van der Waals surface area (Å²) >= 11 is 0. The maximum absolute atomic E-state index is 5.23. The van der Waals surface area contributed by atoms with Gasteiger partial charge in [-0.3, -0.25) is 4.90 Å². The van der Waals surface area contributed by atoms with Crippen molar-refractivity contribution in [2.45, 2.75) is 57.7 Å². The van der Waals surface area contributed by atoms with Gasteiger partial charge in [0.25, 0.3) is 0 Å². The zero-order valence-corrected chi connectivity index (χ0v) is 11.3. The number of hydrogen-bond donors (Lipinski definition) is 1. The molecule has 0 aromatic carbocycles. The van der Waals surface area contributed by atoms with E-state index in [-0.39, 0.29) is 0 Å². The van der Waals surface area contributed by atoms with Crippen LogP contribution in [-0.4, -0.2) is 50.3 Å². The Morgan fingerprint density at radius 3 is 2.81 bits per heavy atom. The molecule has 1 aliphatic carbocycles. The second-order valence-electron chi connectivity index (χ2n) is 5.04. The lowest BCUT2D eigenvalue weighted by Crippen LogP contribution is -2.47. The Morgan fingerprint density at radius 1 is 1.44 bits per heavy atom. The third kappa shape index (κ3) is 4.04. The van der Waals surface area contributed by atoms with Gasteiger partial charge in [-0.1, -0.05) is 13.3 Å². The minimum Gasteiger partial charge on any atom is -0.383 e. The highest BCUT2D eigenvalue weighted by molar-refractivity contribution is 4.84. The van der Waals surface area contributed by atoms with Gasteiger partial charge in [0.2, 0.25) is 0 Å². The van der Waals surface area contributed by atoms with E-state index in [0.717, 1.165) is 25.2 Å². The summed E-state index contributed by atoms with van der Waals surface area (Å²) in [5.41, 5.74) is 0. The molecule has 1 aliphatic rings. The Morgan fingerprint density at radius 2 is 2.19 bits per heavy atom. The van der Waals surface area contributed by atoms with Gasteiger partial charge in [-0.05, 0) is 39.8 Å². The van der Waals surface area contributed by atoms with Crippen molar-refractivity contribution in [1.29, 1.82) is 0 Å². The van der Waals surface area contributed by atoms with E-state index in [1.54, 1.807) is 7.11 Å². The Balaban J connectivity index is 2.39. The summed E-state index contributed by atoms with van der Waals surface area (Å²) in [6.07, 6.45) is 5.33. The minimum absolute atomic E-state index is 0.523. The van der Waals surface area contributed by atoms with Crippen LogP contribution < -0.4 is 5.32 Å². The lowest BCUT2D eigenvalue weighted by molar-refractivity contribution is 0.0699. The molecule has 1 saturated carbocycles. The van der Waals surface area contributed by atoms with E-state index in [9.17, 15) is 0 Å². The van der Waals surface area contributed by atoms with Crippen molar-refractivity contribution in [2.75, 3.05) is 27.3 Å². The van der Waals surface area contributed by atoms with E-state index in [0.29, 0.717) is 6.04 Å². The van der Waals surface area contributed by atoms with Gasteiger partial charge in [0, 0.05) is 25.2 Å². The summed E-state index contributed by atoms with van der Waals surface area (Å²) in [6.45, 7) is 6.37. The average Bonchev–Trinajstić information content (AvgIpc) is 2.29. The topological polar surface area (TPSA) is 24.5 Å². The summed E-state index contributed by atoms with van der Waals surface area (Å²) in [6, 6.07) is 1.97. The molecule has 1 fully saturated rings. The molecule has 3 unspecified atom stereocenters. The van der Waals surface area contributed by atoms with Crippen LogP contribution in [0.3, 0.4) is 0 Å². The molecule has 0 aliphatic heterocycles. The van der Waals surface area contributed by atoms with Gasteiger partial charge >= 0.3 is 0 Å². The van der Waals surface area contributed by atoms with E-state index in [2.05, 4.69) is 31.1 Å². The van der Waals surface area contributed by atoms with Gasteiger partial charge in [0.15, 0.2) is 0 Å². The van der Waals surface area contributed by atoms with Crippen molar-refractivity contribution in [3.63, 3.8) is 0 Å². The number of likely N-dealkylation sites (N-methyl/N-ethyl adjacent to an activating group) is 1. The van der Waals surface area contributed by atoms with Crippen LogP contribution in [-0.2, 0) is 4.74 Å². The molecule has 1 N–H and O–H groups in total. The molecule has 0 heterocycles. The Labute approximate surface area is 101 Å². The van der Waals surface area contributed by atoms with Crippen LogP contribution in [0.5, 0.6) is 0 Å². The number of ether oxygens (including phenoxy) is 1. The number of rotatable bonds is 6. The maximum atomic E-state index is 5.23. The number of hydrogen-bond acceptors (Lipinski definition) is 3. The highest BCUT2D eigenvalue weighted by Crippen LogP contribution is 2.23. The third-order valence-corrected chi connectivity index (χ3v) is 3.82. The molecular weight excluding hydrogens is 200 g/mol. The third-order valence-electron chi connectivity index (χ3n) is 3.82. The second kappa shape index (κ2) is 7.25. The van der Waals surface area contributed by atoms with Gasteiger partial charge < -0.3 is 10.1 Å². The molecular formula is C13H28N2O. The molecule has 0 amide bonds. The van der Waals surface area contributed by atoms with Crippen molar-refractivity contribution in [3.05, 3.63) is 0 Å². The van der Waals surface area contributed by atoms with Crippen molar-refractivity contribution >= 4 is 0 Å². The molecule has 0 spiro atoms. The first-order valence-electron chi connectivity index (χ1n) is 6.63. The van der Waals surface area contributed by atoms with E-state index in [4.69, 9.17) is 4.74 Å². The molecule has 3 atom stereocenters. The van der Waals surface area contributed by atoms with Gasteiger partial charge in [-0.2, -0.15) is 0 Å². The van der Waals surface area contributed by atoms with Crippen molar-refractivity contribution in [2.24, 2.45) is 0 Å². The average molecular weight is 228 g/mol. The van der Waals surface area contributed by atoms with Crippen LogP contribution in [0, 0.1) is 0 Å². The normalized spacial score (nSPS) is 28.3. The standard InChI is InChI=1S/C13H28N2O/c1-5-14-12-7-6-8-13(9-12)15(3)11(2)10-16-4/h11-14H,5-10H2,1-4H3. The zero-order valence-electron chi connectivity index (χ0n) is 11.3. The highest BCUT2D eigenvalue weighted by Gasteiger charge is 2.26. The van der Waals surface area contributed by atoms with E-state index < -0.39 is 0 Å². The molecule has 96 valence electrons. The molecule has 3 heteroatoms. The summed E-state index contributed by atoms with van der Waals surface area (Å²) in [7, 11) is 4.02. The largest absolute Gasteiger partial charge is 0.383 e. The summed E-state index contributed by atoms with van der Waals surface area (Å²) in [4.78, 5) is 2.49.